The standard InChI is InChI=1S/C16H23ClN2O/c1-2-7-16(8-4-9-18-12-16)15(20)19-11-13-5-3-6-14(17)10-13/h3,5-6,10,18H,2,4,7-9,11-12H2,1H3,(H,19,20). The average Bonchev–Trinajstić information content (AvgIpc) is 2.46. The number of nitrogens with one attached hydrogen (secondary N) is 2. The van der Waals surface area contributed by atoms with Gasteiger partial charge in [0, 0.05) is 18.1 Å². The van der Waals surface area contributed by atoms with Gasteiger partial charge in [0.05, 0.1) is 5.41 Å². The number of rotatable bonds is 5. The quantitative estimate of drug-likeness (QED) is 0.876. The highest BCUT2D eigenvalue weighted by molar-refractivity contribution is 6.30. The van der Waals surface area contributed by atoms with E-state index in [1.165, 1.54) is 0 Å². The Labute approximate surface area is 126 Å². The van der Waals surface area contributed by atoms with Crippen molar-refractivity contribution in [3.63, 3.8) is 0 Å². The molecule has 110 valence electrons. The molecule has 1 aromatic rings. The minimum atomic E-state index is -0.231. The molecule has 1 fully saturated rings. The zero-order valence-electron chi connectivity index (χ0n) is 12.0. The first-order chi connectivity index (χ1) is 9.66. The van der Waals surface area contributed by atoms with Crippen molar-refractivity contribution in [2.45, 2.75) is 39.2 Å². The van der Waals surface area contributed by atoms with E-state index in [1.54, 1.807) is 0 Å². The predicted octanol–water partition coefficient (Wildman–Crippen LogP) is 3.13. The molecule has 1 heterocycles. The molecule has 1 aromatic carbocycles. The van der Waals surface area contributed by atoms with Gasteiger partial charge >= 0.3 is 0 Å². The van der Waals surface area contributed by atoms with Crippen molar-refractivity contribution >= 4 is 17.5 Å². The topological polar surface area (TPSA) is 41.1 Å². The highest BCUT2D eigenvalue weighted by atomic mass is 35.5. The van der Waals surface area contributed by atoms with Gasteiger partial charge < -0.3 is 10.6 Å². The number of benzene rings is 1. The molecule has 0 saturated carbocycles. The van der Waals surface area contributed by atoms with Crippen molar-refractivity contribution in [1.29, 1.82) is 0 Å². The van der Waals surface area contributed by atoms with Crippen molar-refractivity contribution in [3.8, 4) is 0 Å². The molecule has 0 aromatic heterocycles. The molecule has 0 spiro atoms. The van der Waals surface area contributed by atoms with Gasteiger partial charge in [0.2, 0.25) is 5.91 Å². The highest BCUT2D eigenvalue weighted by Gasteiger charge is 2.38. The molecule has 1 unspecified atom stereocenters. The lowest BCUT2D eigenvalue weighted by molar-refractivity contribution is -0.132. The first-order valence-corrected chi connectivity index (χ1v) is 7.77. The van der Waals surface area contributed by atoms with Crippen LogP contribution in [0.1, 0.15) is 38.2 Å². The van der Waals surface area contributed by atoms with Crippen molar-refractivity contribution in [3.05, 3.63) is 34.9 Å². The maximum atomic E-state index is 12.6. The first kappa shape index (κ1) is 15.3. The summed E-state index contributed by atoms with van der Waals surface area (Å²) in [5.41, 5.74) is 0.812. The lowest BCUT2D eigenvalue weighted by Crippen LogP contribution is -2.50. The Balaban J connectivity index is 1.98. The second-order valence-electron chi connectivity index (χ2n) is 5.62. The normalized spacial score (nSPS) is 22.5. The second-order valence-corrected chi connectivity index (χ2v) is 6.06. The zero-order valence-corrected chi connectivity index (χ0v) is 12.8. The molecule has 20 heavy (non-hydrogen) atoms. The van der Waals surface area contributed by atoms with Crippen LogP contribution in [0.25, 0.3) is 0 Å². The summed E-state index contributed by atoms with van der Waals surface area (Å²) in [6.45, 7) is 4.50. The van der Waals surface area contributed by atoms with E-state index in [0.717, 1.165) is 44.3 Å². The fourth-order valence-electron chi connectivity index (χ4n) is 2.98. The largest absolute Gasteiger partial charge is 0.352 e. The van der Waals surface area contributed by atoms with E-state index in [1.807, 2.05) is 24.3 Å². The molecule has 1 aliphatic rings. The molecule has 0 aliphatic carbocycles. The summed E-state index contributed by atoms with van der Waals surface area (Å²) >= 11 is 5.96. The Morgan fingerprint density at radius 1 is 1.50 bits per heavy atom. The van der Waals surface area contributed by atoms with Gasteiger partial charge in [-0.05, 0) is 43.5 Å². The van der Waals surface area contributed by atoms with Gasteiger partial charge in [0.1, 0.15) is 0 Å². The Hall–Kier alpha value is -1.06. The third-order valence-corrected chi connectivity index (χ3v) is 4.26. The van der Waals surface area contributed by atoms with Crippen molar-refractivity contribution in [2.24, 2.45) is 5.41 Å². The Bertz CT molecular complexity index is 450. The number of hydrogen-bond acceptors (Lipinski definition) is 2. The first-order valence-electron chi connectivity index (χ1n) is 7.40. The predicted molar refractivity (Wildman–Crippen MR) is 82.7 cm³/mol. The highest BCUT2D eigenvalue weighted by Crippen LogP contribution is 2.32. The maximum absolute atomic E-state index is 12.6. The number of hydrogen-bond donors (Lipinski definition) is 2. The Morgan fingerprint density at radius 3 is 3.00 bits per heavy atom. The van der Waals surface area contributed by atoms with E-state index < -0.39 is 0 Å². The fourth-order valence-corrected chi connectivity index (χ4v) is 3.20. The number of halogens is 1. The summed E-state index contributed by atoms with van der Waals surface area (Å²) in [7, 11) is 0. The zero-order chi connectivity index (χ0) is 14.4. The van der Waals surface area contributed by atoms with Crippen LogP contribution in [0.2, 0.25) is 5.02 Å². The minimum absolute atomic E-state index is 0.173. The molecule has 1 saturated heterocycles. The molecule has 1 aliphatic heterocycles. The molecule has 3 nitrogen and oxygen atoms in total. The van der Waals surface area contributed by atoms with Gasteiger partial charge in [-0.3, -0.25) is 4.79 Å². The third kappa shape index (κ3) is 3.74. The van der Waals surface area contributed by atoms with Gasteiger partial charge in [-0.25, -0.2) is 0 Å². The monoisotopic (exact) mass is 294 g/mol. The summed E-state index contributed by atoms with van der Waals surface area (Å²) in [4.78, 5) is 12.6. The van der Waals surface area contributed by atoms with Crippen LogP contribution in [0.5, 0.6) is 0 Å². The van der Waals surface area contributed by atoms with Crippen LogP contribution in [0.4, 0.5) is 0 Å². The minimum Gasteiger partial charge on any atom is -0.352 e. The summed E-state index contributed by atoms with van der Waals surface area (Å²) in [5, 5.41) is 7.16. The SMILES string of the molecule is CCCC1(C(=O)NCc2cccc(Cl)c2)CCCNC1. The lowest BCUT2D eigenvalue weighted by Gasteiger charge is -2.36. The van der Waals surface area contributed by atoms with Crippen LogP contribution in [0.3, 0.4) is 0 Å². The average molecular weight is 295 g/mol. The Kier molecular flexibility index (Phi) is 5.44. The van der Waals surface area contributed by atoms with E-state index in [9.17, 15) is 4.79 Å². The van der Waals surface area contributed by atoms with E-state index in [-0.39, 0.29) is 11.3 Å². The van der Waals surface area contributed by atoms with E-state index in [4.69, 9.17) is 11.6 Å². The van der Waals surface area contributed by atoms with Crippen LogP contribution in [0, 0.1) is 5.41 Å². The molecular formula is C16H23ClN2O. The smallest absolute Gasteiger partial charge is 0.227 e. The molecule has 0 radical (unpaired) electrons. The van der Waals surface area contributed by atoms with Crippen LogP contribution in [0.15, 0.2) is 24.3 Å². The Morgan fingerprint density at radius 2 is 2.35 bits per heavy atom. The van der Waals surface area contributed by atoms with Gasteiger partial charge in [0.15, 0.2) is 0 Å². The molecule has 1 atom stereocenters. The van der Waals surface area contributed by atoms with Crippen LogP contribution in [-0.2, 0) is 11.3 Å². The molecule has 2 N–H and O–H groups in total. The fraction of sp³-hybridized carbons (Fsp3) is 0.562. The van der Waals surface area contributed by atoms with Gasteiger partial charge in [-0.2, -0.15) is 0 Å². The van der Waals surface area contributed by atoms with Crippen molar-refractivity contribution in [1.82, 2.24) is 10.6 Å². The van der Waals surface area contributed by atoms with Gasteiger partial charge in [-0.1, -0.05) is 37.1 Å². The number of piperidine rings is 1. The summed E-state index contributed by atoms with van der Waals surface area (Å²) in [6, 6.07) is 7.63. The maximum Gasteiger partial charge on any atom is 0.227 e. The number of carbonyl (C=O) groups excluding carboxylic acids is 1. The van der Waals surface area contributed by atoms with E-state index in [0.29, 0.717) is 11.6 Å². The van der Waals surface area contributed by atoms with E-state index in [2.05, 4.69) is 17.6 Å². The molecule has 1 amide bonds. The van der Waals surface area contributed by atoms with Crippen LogP contribution in [-0.4, -0.2) is 19.0 Å². The number of carbonyl (C=O) groups is 1. The number of amides is 1. The van der Waals surface area contributed by atoms with Crippen molar-refractivity contribution < 1.29 is 4.79 Å². The second kappa shape index (κ2) is 7.09. The lowest BCUT2D eigenvalue weighted by atomic mass is 9.76. The van der Waals surface area contributed by atoms with Crippen LogP contribution < -0.4 is 10.6 Å². The van der Waals surface area contributed by atoms with Crippen LogP contribution >= 0.6 is 11.6 Å². The molecular weight excluding hydrogens is 272 g/mol. The molecule has 4 heteroatoms. The summed E-state index contributed by atoms with van der Waals surface area (Å²) < 4.78 is 0. The van der Waals surface area contributed by atoms with Gasteiger partial charge in [-0.15, -0.1) is 0 Å². The van der Waals surface area contributed by atoms with E-state index >= 15 is 0 Å². The molecule has 0 bridgehead atoms. The summed E-state index contributed by atoms with van der Waals surface area (Å²) in [6.07, 6.45) is 4.04. The third-order valence-electron chi connectivity index (χ3n) is 4.02. The van der Waals surface area contributed by atoms with Gasteiger partial charge in [0.25, 0.3) is 0 Å². The summed E-state index contributed by atoms with van der Waals surface area (Å²) in [5.74, 6) is 0.173. The van der Waals surface area contributed by atoms with Crippen molar-refractivity contribution in [2.75, 3.05) is 13.1 Å². The molecule has 2 rings (SSSR count).